The van der Waals surface area contributed by atoms with Crippen LogP contribution in [0.25, 0.3) is 0 Å². The summed E-state index contributed by atoms with van der Waals surface area (Å²) in [6.07, 6.45) is 1.58. The summed E-state index contributed by atoms with van der Waals surface area (Å²) in [4.78, 5) is 5.11. The summed E-state index contributed by atoms with van der Waals surface area (Å²) in [5, 5.41) is 20.2. The molecule has 0 aromatic heterocycles. The van der Waals surface area contributed by atoms with Gasteiger partial charge in [0.25, 0.3) is 5.71 Å². The van der Waals surface area contributed by atoms with E-state index in [9.17, 15) is 0 Å². The molecule has 0 heterocycles. The molecule has 0 amide bonds. The Morgan fingerprint density at radius 3 is 2.08 bits per heavy atom. The second kappa shape index (κ2) is 5.16. The maximum Gasteiger partial charge on any atom is 0.256 e. The SMILES string of the molecule is CCC(C)(CC)ON=C(C#N)C#N. The van der Waals surface area contributed by atoms with Crippen LogP contribution in [-0.4, -0.2) is 11.3 Å². The molecule has 0 aliphatic rings. The average molecular weight is 179 g/mol. The Balaban J connectivity index is 4.39. The number of nitrogens with zero attached hydrogens (tertiary/aromatic N) is 3. The van der Waals surface area contributed by atoms with E-state index in [0.29, 0.717) is 0 Å². The molecule has 0 aliphatic carbocycles. The first-order valence-electron chi connectivity index (χ1n) is 4.18. The van der Waals surface area contributed by atoms with Crippen LogP contribution in [-0.2, 0) is 4.84 Å². The van der Waals surface area contributed by atoms with Gasteiger partial charge in [-0.25, -0.2) is 0 Å². The van der Waals surface area contributed by atoms with Gasteiger partial charge in [-0.1, -0.05) is 19.0 Å². The van der Waals surface area contributed by atoms with Crippen molar-refractivity contribution in [2.75, 3.05) is 0 Å². The van der Waals surface area contributed by atoms with E-state index in [1.807, 2.05) is 20.8 Å². The summed E-state index contributed by atoms with van der Waals surface area (Å²) in [7, 11) is 0. The second-order valence-corrected chi connectivity index (χ2v) is 2.91. The molecule has 0 saturated heterocycles. The van der Waals surface area contributed by atoms with Gasteiger partial charge in [-0.05, 0) is 19.8 Å². The second-order valence-electron chi connectivity index (χ2n) is 2.91. The molecule has 0 atom stereocenters. The molecular weight excluding hydrogens is 166 g/mol. The number of oxime groups is 1. The summed E-state index contributed by atoms with van der Waals surface area (Å²) in [5.74, 6) is 0. The molecule has 0 unspecified atom stereocenters. The van der Waals surface area contributed by atoms with E-state index >= 15 is 0 Å². The van der Waals surface area contributed by atoms with Crippen LogP contribution in [0.3, 0.4) is 0 Å². The van der Waals surface area contributed by atoms with E-state index in [0.717, 1.165) is 12.8 Å². The Kier molecular flexibility index (Phi) is 4.54. The maximum absolute atomic E-state index is 8.38. The number of nitriles is 2. The summed E-state index contributed by atoms with van der Waals surface area (Å²) in [5.41, 5.74) is -0.619. The van der Waals surface area contributed by atoms with Crippen molar-refractivity contribution in [2.24, 2.45) is 5.16 Å². The minimum atomic E-state index is -0.376. The fourth-order valence-corrected chi connectivity index (χ4v) is 0.601. The molecule has 0 fully saturated rings. The Morgan fingerprint density at radius 2 is 1.77 bits per heavy atom. The normalized spacial score (nSPS) is 9.62. The average Bonchev–Trinajstić information content (AvgIpc) is 2.19. The lowest BCUT2D eigenvalue weighted by Crippen LogP contribution is -2.24. The van der Waals surface area contributed by atoms with Crippen molar-refractivity contribution < 1.29 is 4.84 Å². The molecule has 0 spiro atoms. The van der Waals surface area contributed by atoms with Crippen molar-refractivity contribution in [2.45, 2.75) is 39.2 Å². The standard InChI is InChI=1S/C9H13N3O/c1-4-9(3,5-2)13-12-8(6-10)7-11/h4-5H2,1-3H3. The predicted molar refractivity (Wildman–Crippen MR) is 48.7 cm³/mol. The van der Waals surface area contributed by atoms with Crippen LogP contribution in [0.5, 0.6) is 0 Å². The zero-order valence-electron chi connectivity index (χ0n) is 8.16. The zero-order valence-corrected chi connectivity index (χ0v) is 8.16. The molecule has 70 valence electrons. The molecule has 0 saturated carbocycles. The van der Waals surface area contributed by atoms with Crippen LogP contribution >= 0.6 is 0 Å². The maximum atomic E-state index is 8.38. The van der Waals surface area contributed by atoms with Crippen molar-refractivity contribution >= 4 is 5.71 Å². The van der Waals surface area contributed by atoms with Crippen LogP contribution in [0.2, 0.25) is 0 Å². The highest BCUT2D eigenvalue weighted by molar-refractivity contribution is 6.09. The lowest BCUT2D eigenvalue weighted by Gasteiger charge is -2.23. The molecule has 0 aromatic carbocycles. The van der Waals surface area contributed by atoms with E-state index in [-0.39, 0.29) is 11.3 Å². The zero-order chi connectivity index (χ0) is 10.3. The molecule has 0 N–H and O–H groups in total. The van der Waals surface area contributed by atoms with Crippen LogP contribution in [0.4, 0.5) is 0 Å². The topological polar surface area (TPSA) is 69.2 Å². The fourth-order valence-electron chi connectivity index (χ4n) is 0.601. The first-order chi connectivity index (χ1) is 6.11. The number of hydrogen-bond donors (Lipinski definition) is 0. The Morgan fingerprint density at radius 1 is 1.31 bits per heavy atom. The molecule has 4 heteroatoms. The van der Waals surface area contributed by atoms with Crippen LogP contribution in [0.15, 0.2) is 5.16 Å². The minimum Gasteiger partial charge on any atom is -0.388 e. The van der Waals surface area contributed by atoms with E-state index in [1.165, 1.54) is 0 Å². The molecule has 0 radical (unpaired) electrons. The Labute approximate surface area is 78.4 Å². The van der Waals surface area contributed by atoms with E-state index in [4.69, 9.17) is 15.4 Å². The van der Waals surface area contributed by atoms with Gasteiger partial charge in [0.1, 0.15) is 17.7 Å². The molecule has 4 nitrogen and oxygen atoms in total. The Hall–Kier alpha value is -1.55. The van der Waals surface area contributed by atoms with Crippen molar-refractivity contribution in [3.05, 3.63) is 0 Å². The van der Waals surface area contributed by atoms with E-state index in [1.54, 1.807) is 12.1 Å². The quantitative estimate of drug-likeness (QED) is 0.489. The Bertz CT molecular complexity index is 250. The van der Waals surface area contributed by atoms with Gasteiger partial charge in [-0.2, -0.15) is 10.5 Å². The summed E-state index contributed by atoms with van der Waals surface area (Å²) < 4.78 is 0. The number of hydrogen-bond acceptors (Lipinski definition) is 4. The van der Waals surface area contributed by atoms with Gasteiger partial charge in [0.15, 0.2) is 0 Å². The first kappa shape index (κ1) is 11.4. The molecule has 0 rings (SSSR count). The third-order valence-electron chi connectivity index (χ3n) is 2.06. The van der Waals surface area contributed by atoms with Crippen LogP contribution in [0, 0.1) is 22.7 Å². The monoisotopic (exact) mass is 179 g/mol. The van der Waals surface area contributed by atoms with Crippen molar-refractivity contribution in [3.8, 4) is 12.1 Å². The lowest BCUT2D eigenvalue weighted by atomic mass is 10.0. The number of rotatable bonds is 4. The smallest absolute Gasteiger partial charge is 0.256 e. The highest BCUT2D eigenvalue weighted by Gasteiger charge is 2.21. The third-order valence-corrected chi connectivity index (χ3v) is 2.06. The van der Waals surface area contributed by atoms with E-state index in [2.05, 4.69) is 5.16 Å². The molecule has 0 bridgehead atoms. The molecule has 0 aliphatic heterocycles. The van der Waals surface area contributed by atoms with Crippen LogP contribution in [0.1, 0.15) is 33.6 Å². The first-order valence-corrected chi connectivity index (χ1v) is 4.18. The molecular formula is C9H13N3O. The van der Waals surface area contributed by atoms with Crippen molar-refractivity contribution in [1.29, 1.82) is 10.5 Å². The van der Waals surface area contributed by atoms with Gasteiger partial charge in [0.2, 0.25) is 0 Å². The highest BCUT2D eigenvalue weighted by Crippen LogP contribution is 2.19. The largest absolute Gasteiger partial charge is 0.388 e. The van der Waals surface area contributed by atoms with Gasteiger partial charge in [-0.15, -0.1) is 0 Å². The predicted octanol–water partition coefficient (Wildman–Crippen LogP) is 1.98. The van der Waals surface area contributed by atoms with Crippen LogP contribution < -0.4 is 0 Å². The van der Waals surface area contributed by atoms with Crippen molar-refractivity contribution in [3.63, 3.8) is 0 Å². The van der Waals surface area contributed by atoms with Gasteiger partial charge in [-0.3, -0.25) is 0 Å². The summed E-state index contributed by atoms with van der Waals surface area (Å²) in [6, 6.07) is 3.27. The van der Waals surface area contributed by atoms with Crippen molar-refractivity contribution in [1.82, 2.24) is 0 Å². The lowest BCUT2D eigenvalue weighted by molar-refractivity contribution is -0.0339. The van der Waals surface area contributed by atoms with Gasteiger partial charge in [0, 0.05) is 0 Å². The molecule has 0 aromatic rings. The van der Waals surface area contributed by atoms with Gasteiger partial charge >= 0.3 is 0 Å². The van der Waals surface area contributed by atoms with Gasteiger partial charge in [0.05, 0.1) is 0 Å². The molecule has 13 heavy (non-hydrogen) atoms. The minimum absolute atomic E-state index is 0.242. The fraction of sp³-hybridized carbons (Fsp3) is 0.667. The highest BCUT2D eigenvalue weighted by atomic mass is 16.6. The van der Waals surface area contributed by atoms with E-state index < -0.39 is 0 Å². The summed E-state index contributed by atoms with van der Waals surface area (Å²) >= 11 is 0. The summed E-state index contributed by atoms with van der Waals surface area (Å²) in [6.45, 7) is 5.83. The van der Waals surface area contributed by atoms with Gasteiger partial charge < -0.3 is 4.84 Å². The third kappa shape index (κ3) is 3.57.